The van der Waals surface area contributed by atoms with Crippen LogP contribution in [0.5, 0.6) is 0 Å². The molecule has 5 heteroatoms. The number of rotatable bonds is 6. The van der Waals surface area contributed by atoms with Crippen LogP contribution in [0.3, 0.4) is 0 Å². The van der Waals surface area contributed by atoms with Crippen LogP contribution in [0.1, 0.15) is 21.6 Å². The fraction of sp³-hybridized carbons (Fsp3) is 0.158. The van der Waals surface area contributed by atoms with Crippen molar-refractivity contribution < 1.29 is 4.79 Å². The normalized spacial score (nSPS) is 10.5. The van der Waals surface area contributed by atoms with Crippen molar-refractivity contribution in [3.63, 3.8) is 0 Å². The molecule has 0 unspecified atom stereocenters. The standard InChI is InChI=1S/C19H17N3OS/c20-12-15-6-1-2-7-16(15)13-24-10-9-21-19(23)18-11-14-5-3-4-8-17(14)22-18/h1-8,11,22H,9-10,13H2,(H,21,23). The Hall–Kier alpha value is -2.71. The number of thioether (sulfide) groups is 1. The van der Waals surface area contributed by atoms with Gasteiger partial charge in [-0.15, -0.1) is 0 Å². The van der Waals surface area contributed by atoms with Gasteiger partial charge in [0.05, 0.1) is 11.6 Å². The topological polar surface area (TPSA) is 68.7 Å². The molecule has 0 aliphatic rings. The van der Waals surface area contributed by atoms with E-state index in [0.717, 1.165) is 28.0 Å². The Balaban J connectivity index is 1.46. The zero-order valence-corrected chi connectivity index (χ0v) is 13.9. The van der Waals surface area contributed by atoms with Gasteiger partial charge < -0.3 is 10.3 Å². The van der Waals surface area contributed by atoms with E-state index in [9.17, 15) is 4.79 Å². The highest BCUT2D eigenvalue weighted by atomic mass is 32.2. The maximum absolute atomic E-state index is 12.2. The summed E-state index contributed by atoms with van der Waals surface area (Å²) in [7, 11) is 0. The molecule has 120 valence electrons. The van der Waals surface area contributed by atoms with E-state index in [0.29, 0.717) is 17.8 Å². The lowest BCUT2D eigenvalue weighted by Gasteiger charge is -2.05. The Morgan fingerprint density at radius 1 is 1.17 bits per heavy atom. The molecule has 0 saturated carbocycles. The van der Waals surface area contributed by atoms with Gasteiger partial charge in [-0.3, -0.25) is 4.79 Å². The molecule has 24 heavy (non-hydrogen) atoms. The molecule has 0 aliphatic heterocycles. The highest BCUT2D eigenvalue weighted by Gasteiger charge is 2.08. The maximum Gasteiger partial charge on any atom is 0.267 e. The van der Waals surface area contributed by atoms with Crippen LogP contribution in [-0.2, 0) is 5.75 Å². The third kappa shape index (κ3) is 3.79. The van der Waals surface area contributed by atoms with Crippen molar-refractivity contribution >= 4 is 28.6 Å². The first-order chi connectivity index (χ1) is 11.8. The number of H-pyrrole nitrogens is 1. The molecule has 3 aromatic rings. The monoisotopic (exact) mass is 335 g/mol. The maximum atomic E-state index is 12.2. The minimum Gasteiger partial charge on any atom is -0.351 e. The van der Waals surface area contributed by atoms with Crippen molar-refractivity contribution in [3.05, 3.63) is 71.4 Å². The molecule has 0 saturated heterocycles. The minimum absolute atomic E-state index is 0.0933. The van der Waals surface area contributed by atoms with Gasteiger partial charge in [-0.25, -0.2) is 0 Å². The third-order valence-corrected chi connectivity index (χ3v) is 4.71. The Bertz CT molecular complexity index is 862. The number of benzene rings is 2. The highest BCUT2D eigenvalue weighted by Crippen LogP contribution is 2.16. The average Bonchev–Trinajstić information content (AvgIpc) is 3.06. The van der Waals surface area contributed by atoms with Gasteiger partial charge in [-0.1, -0.05) is 36.4 Å². The molecule has 4 nitrogen and oxygen atoms in total. The molecule has 2 aromatic carbocycles. The number of aromatic nitrogens is 1. The number of carbonyl (C=O) groups excluding carboxylic acids is 1. The lowest BCUT2D eigenvalue weighted by atomic mass is 10.1. The zero-order valence-electron chi connectivity index (χ0n) is 13.1. The molecule has 0 fully saturated rings. The van der Waals surface area contributed by atoms with E-state index in [1.54, 1.807) is 11.8 Å². The number of hydrogen-bond acceptors (Lipinski definition) is 3. The zero-order chi connectivity index (χ0) is 16.8. The second-order valence-electron chi connectivity index (χ2n) is 5.35. The summed E-state index contributed by atoms with van der Waals surface area (Å²) in [6.07, 6.45) is 0. The van der Waals surface area contributed by atoms with Crippen LogP contribution in [-0.4, -0.2) is 23.2 Å². The first-order valence-electron chi connectivity index (χ1n) is 7.69. The highest BCUT2D eigenvalue weighted by molar-refractivity contribution is 7.98. The van der Waals surface area contributed by atoms with Gasteiger partial charge in [0.25, 0.3) is 5.91 Å². The van der Waals surface area contributed by atoms with Gasteiger partial charge in [0, 0.05) is 29.0 Å². The molecule has 1 aromatic heterocycles. The van der Waals surface area contributed by atoms with Gasteiger partial charge in [-0.05, 0) is 23.8 Å². The van der Waals surface area contributed by atoms with Crippen LogP contribution in [0.15, 0.2) is 54.6 Å². The third-order valence-electron chi connectivity index (χ3n) is 3.70. The number of nitrogens with one attached hydrogen (secondary N) is 2. The number of hydrogen-bond donors (Lipinski definition) is 2. The second-order valence-corrected chi connectivity index (χ2v) is 6.45. The average molecular weight is 335 g/mol. The number of aromatic amines is 1. The Morgan fingerprint density at radius 3 is 2.79 bits per heavy atom. The fourth-order valence-electron chi connectivity index (χ4n) is 2.47. The van der Waals surface area contributed by atoms with E-state index in [1.807, 2.05) is 54.6 Å². The van der Waals surface area contributed by atoms with E-state index in [1.165, 1.54) is 0 Å². The lowest BCUT2D eigenvalue weighted by Crippen LogP contribution is -2.26. The van der Waals surface area contributed by atoms with Crippen LogP contribution in [0, 0.1) is 11.3 Å². The Labute approximate surface area is 144 Å². The summed E-state index contributed by atoms with van der Waals surface area (Å²) in [5.74, 6) is 1.47. The Kier molecular flexibility index (Phi) is 5.19. The van der Waals surface area contributed by atoms with Crippen molar-refractivity contribution in [1.82, 2.24) is 10.3 Å². The van der Waals surface area contributed by atoms with Gasteiger partial charge in [0.1, 0.15) is 5.69 Å². The predicted molar refractivity (Wildman–Crippen MR) is 98.0 cm³/mol. The summed E-state index contributed by atoms with van der Waals surface area (Å²) in [5, 5.41) is 13.0. The quantitative estimate of drug-likeness (QED) is 0.675. The molecule has 1 amide bonds. The molecule has 0 spiro atoms. The van der Waals surface area contributed by atoms with Crippen LogP contribution in [0.4, 0.5) is 0 Å². The van der Waals surface area contributed by atoms with Crippen molar-refractivity contribution in [2.24, 2.45) is 0 Å². The summed E-state index contributed by atoms with van der Waals surface area (Å²) in [6, 6.07) is 19.5. The molecule has 3 rings (SSSR count). The number of carbonyl (C=O) groups is 1. The first kappa shape index (κ1) is 16.2. The van der Waals surface area contributed by atoms with Crippen LogP contribution < -0.4 is 5.32 Å². The van der Waals surface area contributed by atoms with Gasteiger partial charge in [0.15, 0.2) is 0 Å². The second kappa shape index (κ2) is 7.71. The van der Waals surface area contributed by atoms with E-state index in [-0.39, 0.29) is 5.91 Å². The summed E-state index contributed by atoms with van der Waals surface area (Å²) in [5.41, 5.74) is 3.29. The Morgan fingerprint density at radius 2 is 1.96 bits per heavy atom. The van der Waals surface area contributed by atoms with E-state index >= 15 is 0 Å². The molecular weight excluding hydrogens is 318 g/mol. The van der Waals surface area contributed by atoms with Gasteiger partial charge in [0.2, 0.25) is 0 Å². The van der Waals surface area contributed by atoms with Crippen LogP contribution >= 0.6 is 11.8 Å². The molecule has 0 radical (unpaired) electrons. The number of nitrogens with zero attached hydrogens (tertiary/aromatic N) is 1. The van der Waals surface area contributed by atoms with Crippen LogP contribution in [0.2, 0.25) is 0 Å². The van der Waals surface area contributed by atoms with Crippen molar-refractivity contribution in [2.45, 2.75) is 5.75 Å². The van der Waals surface area contributed by atoms with E-state index in [2.05, 4.69) is 16.4 Å². The summed E-state index contributed by atoms with van der Waals surface area (Å²) < 4.78 is 0. The van der Waals surface area contributed by atoms with Crippen molar-refractivity contribution in [1.29, 1.82) is 5.26 Å². The molecule has 0 atom stereocenters. The molecule has 1 heterocycles. The number of nitriles is 1. The smallest absolute Gasteiger partial charge is 0.267 e. The molecule has 2 N–H and O–H groups in total. The fourth-order valence-corrected chi connectivity index (χ4v) is 3.33. The lowest BCUT2D eigenvalue weighted by molar-refractivity contribution is 0.0952. The number of amides is 1. The molecule has 0 aliphatic carbocycles. The van der Waals surface area contributed by atoms with E-state index < -0.39 is 0 Å². The van der Waals surface area contributed by atoms with Crippen LogP contribution in [0.25, 0.3) is 10.9 Å². The van der Waals surface area contributed by atoms with Gasteiger partial charge >= 0.3 is 0 Å². The SMILES string of the molecule is N#Cc1ccccc1CSCCNC(=O)c1cc2ccccc2[nH]1. The minimum atomic E-state index is -0.0933. The molecular formula is C19H17N3OS. The van der Waals surface area contributed by atoms with Crippen molar-refractivity contribution in [2.75, 3.05) is 12.3 Å². The molecule has 0 bridgehead atoms. The summed E-state index contributed by atoms with van der Waals surface area (Å²) >= 11 is 1.70. The largest absolute Gasteiger partial charge is 0.351 e. The predicted octanol–water partition coefficient (Wildman–Crippen LogP) is 3.70. The summed E-state index contributed by atoms with van der Waals surface area (Å²) in [4.78, 5) is 15.3. The van der Waals surface area contributed by atoms with E-state index in [4.69, 9.17) is 5.26 Å². The summed E-state index contributed by atoms with van der Waals surface area (Å²) in [6.45, 7) is 0.591. The first-order valence-corrected chi connectivity index (χ1v) is 8.85. The number of fused-ring (bicyclic) bond motifs is 1. The van der Waals surface area contributed by atoms with Crippen molar-refractivity contribution in [3.8, 4) is 6.07 Å². The number of para-hydroxylation sites is 1. The van der Waals surface area contributed by atoms with Gasteiger partial charge in [-0.2, -0.15) is 17.0 Å².